The first-order valence-corrected chi connectivity index (χ1v) is 20.9. The molecule has 0 fully saturated rings. The third-order valence-corrected chi connectivity index (χ3v) is 10.1. The van der Waals surface area contributed by atoms with Crippen LogP contribution in [0.15, 0.2) is 170 Å². The molecule has 0 radical (unpaired) electrons. The van der Waals surface area contributed by atoms with Crippen molar-refractivity contribution in [3.8, 4) is 79.3 Å². The standard InChI is InChI=1S/2C25H15F2N5O4.2Na/c2*26-22-19(3-1-13-28-22)15-5-9-17(10-6-15)35-24-21(25(33)34)30-31-32(24)36-18-11-7-16(8-12-18)20-4-2-14-29-23(20)27;;/h2*1-14H,(H,33,34);;/q;;2*+1/p-2. The number of carbonyl (C=O) groups excluding carboxylic acids is 2. The fourth-order valence-electron chi connectivity index (χ4n) is 6.69. The Balaban J connectivity index is 0.000000211. The quantitative estimate of drug-likeness (QED) is 0.0851. The minimum absolute atomic E-state index is 0. The normalized spacial score (nSPS) is 10.4. The van der Waals surface area contributed by atoms with Crippen molar-refractivity contribution in [2.75, 3.05) is 0 Å². The number of benzene rings is 4. The molecule has 18 nitrogen and oxygen atoms in total. The van der Waals surface area contributed by atoms with Crippen molar-refractivity contribution in [2.45, 2.75) is 0 Å². The minimum atomic E-state index is -1.63. The summed E-state index contributed by atoms with van der Waals surface area (Å²) in [4.78, 5) is 50.3. The van der Waals surface area contributed by atoms with Crippen LogP contribution >= 0.6 is 0 Å². The predicted molar refractivity (Wildman–Crippen MR) is 239 cm³/mol. The van der Waals surface area contributed by atoms with Gasteiger partial charge in [-0.3, -0.25) is 0 Å². The molecule has 0 saturated carbocycles. The molecule has 0 aliphatic carbocycles. The van der Waals surface area contributed by atoms with Gasteiger partial charge in [0.15, 0.2) is 22.9 Å². The molecule has 0 aliphatic heterocycles. The van der Waals surface area contributed by atoms with Gasteiger partial charge in [-0.1, -0.05) is 48.5 Å². The first kappa shape index (κ1) is 53.4. The number of ether oxygens (including phenoxy) is 2. The number of halogens is 4. The third-order valence-electron chi connectivity index (χ3n) is 10.1. The van der Waals surface area contributed by atoms with Gasteiger partial charge in [0.05, 0.1) is 11.9 Å². The first-order valence-electron chi connectivity index (χ1n) is 20.9. The van der Waals surface area contributed by atoms with Gasteiger partial charge in [-0.25, -0.2) is 19.9 Å². The van der Waals surface area contributed by atoms with Crippen LogP contribution in [-0.2, 0) is 0 Å². The summed E-state index contributed by atoms with van der Waals surface area (Å²) in [5.74, 6) is -5.54. The summed E-state index contributed by atoms with van der Waals surface area (Å²) in [5, 5.41) is 37.5. The molecule has 74 heavy (non-hydrogen) atoms. The number of pyridine rings is 4. The molecule has 0 bridgehead atoms. The maximum absolute atomic E-state index is 14.0. The maximum Gasteiger partial charge on any atom is 1.00 e. The van der Waals surface area contributed by atoms with E-state index in [-0.39, 0.29) is 93.9 Å². The molecule has 6 heterocycles. The molecule has 0 aliphatic rings. The second-order valence-corrected chi connectivity index (χ2v) is 14.7. The third kappa shape index (κ3) is 12.4. The Hall–Kier alpha value is -8.38. The van der Waals surface area contributed by atoms with Crippen molar-refractivity contribution in [3.63, 3.8) is 0 Å². The Labute approximate surface area is 459 Å². The van der Waals surface area contributed by atoms with Gasteiger partial charge in [0, 0.05) is 47.0 Å². The van der Waals surface area contributed by atoms with Gasteiger partial charge < -0.3 is 39.0 Å². The summed E-state index contributed by atoms with van der Waals surface area (Å²) in [7, 11) is 0. The Morgan fingerprint density at radius 3 is 0.892 bits per heavy atom. The van der Waals surface area contributed by atoms with Gasteiger partial charge in [0.25, 0.3) is 11.8 Å². The van der Waals surface area contributed by atoms with E-state index in [0.29, 0.717) is 44.5 Å². The van der Waals surface area contributed by atoms with E-state index in [1.165, 1.54) is 73.3 Å². The summed E-state index contributed by atoms with van der Waals surface area (Å²) in [5.41, 5.74) is 2.23. The molecule has 356 valence electrons. The van der Waals surface area contributed by atoms with Crippen LogP contribution in [0.1, 0.15) is 21.0 Å². The van der Waals surface area contributed by atoms with Gasteiger partial charge in [-0.2, -0.15) is 17.6 Å². The minimum Gasteiger partial charge on any atom is -0.543 e. The fourth-order valence-corrected chi connectivity index (χ4v) is 6.69. The van der Waals surface area contributed by atoms with Crippen molar-refractivity contribution in [1.29, 1.82) is 0 Å². The number of aromatic nitrogens is 10. The molecule has 0 saturated heterocycles. The maximum atomic E-state index is 14.0. The van der Waals surface area contributed by atoms with Crippen molar-refractivity contribution in [2.24, 2.45) is 0 Å². The van der Waals surface area contributed by atoms with E-state index >= 15 is 0 Å². The molecule has 0 N–H and O–H groups in total. The number of carboxylic acids is 2. The Morgan fingerprint density at radius 2 is 0.649 bits per heavy atom. The van der Waals surface area contributed by atoms with Crippen LogP contribution in [0.5, 0.6) is 34.8 Å². The predicted octanol–water partition coefficient (Wildman–Crippen LogP) is 1.36. The molecule has 4 aromatic carbocycles. The number of hydrogen-bond acceptors (Lipinski definition) is 16. The average Bonchev–Trinajstić information content (AvgIpc) is 3.98. The summed E-state index contributed by atoms with van der Waals surface area (Å²) in [6, 6.07) is 37.7. The smallest absolute Gasteiger partial charge is 0.543 e. The zero-order valence-electron chi connectivity index (χ0n) is 38.4. The summed E-state index contributed by atoms with van der Waals surface area (Å²) < 4.78 is 67.1. The molecule has 0 unspecified atom stereocenters. The number of rotatable bonds is 14. The number of carboxylic acid groups (broad SMARTS) is 2. The summed E-state index contributed by atoms with van der Waals surface area (Å²) >= 11 is 0. The van der Waals surface area contributed by atoms with Crippen LogP contribution in [0.4, 0.5) is 17.6 Å². The van der Waals surface area contributed by atoms with Crippen LogP contribution in [0.3, 0.4) is 0 Å². The van der Waals surface area contributed by atoms with Crippen molar-refractivity contribution in [1.82, 2.24) is 50.3 Å². The van der Waals surface area contributed by atoms with E-state index in [1.807, 2.05) is 0 Å². The molecule has 24 heteroatoms. The van der Waals surface area contributed by atoms with E-state index in [1.54, 1.807) is 97.1 Å². The molecule has 0 atom stereocenters. The van der Waals surface area contributed by atoms with Crippen LogP contribution in [0.2, 0.25) is 0 Å². The van der Waals surface area contributed by atoms with Crippen molar-refractivity contribution >= 4 is 11.9 Å². The second kappa shape index (κ2) is 24.4. The van der Waals surface area contributed by atoms with E-state index in [2.05, 4.69) is 40.6 Å². The molecule has 10 aromatic rings. The zero-order chi connectivity index (χ0) is 50.1. The van der Waals surface area contributed by atoms with Gasteiger partial charge >= 0.3 is 59.1 Å². The Bertz CT molecular complexity index is 3330. The van der Waals surface area contributed by atoms with Crippen LogP contribution in [0.25, 0.3) is 44.5 Å². The van der Waals surface area contributed by atoms with E-state index in [4.69, 9.17) is 19.1 Å². The molecular formula is C50H28F4N10Na2O8. The SMILES string of the molecule is O=C([O-])c1nnn(Oc2ccc(-c3cccnc3F)cc2)c1Oc1ccc(-c2cccnc2F)cc1.O=C([O-])c1nnn(Oc2ccc(-c3cccnc3F)cc2)c1Oc1ccc(-c2cccnc2F)cc1.[Na+].[Na+]. The number of hydrogen-bond donors (Lipinski definition) is 0. The topological polar surface area (TPSA) is 230 Å². The van der Waals surface area contributed by atoms with E-state index in [0.717, 1.165) is 9.69 Å². The van der Waals surface area contributed by atoms with E-state index in [9.17, 15) is 37.4 Å². The van der Waals surface area contributed by atoms with Gasteiger partial charge in [-0.05, 0) is 139 Å². The van der Waals surface area contributed by atoms with Crippen molar-refractivity contribution < 1.29 is 116 Å². The number of nitrogens with zero attached hydrogens (tertiary/aromatic N) is 10. The fraction of sp³-hybridized carbons (Fsp3) is 0. The van der Waals surface area contributed by atoms with E-state index < -0.39 is 47.1 Å². The van der Waals surface area contributed by atoms with Gasteiger partial charge in [0.2, 0.25) is 23.8 Å². The first-order chi connectivity index (χ1) is 35.0. The van der Waals surface area contributed by atoms with Crippen LogP contribution < -0.4 is 88.5 Å². The molecule has 0 spiro atoms. The van der Waals surface area contributed by atoms with Crippen molar-refractivity contribution in [3.05, 3.63) is 206 Å². The molecule has 6 aromatic heterocycles. The van der Waals surface area contributed by atoms with Crippen LogP contribution in [-0.4, -0.2) is 62.2 Å². The zero-order valence-corrected chi connectivity index (χ0v) is 42.4. The summed E-state index contributed by atoms with van der Waals surface area (Å²) in [6.45, 7) is 0. The van der Waals surface area contributed by atoms with Gasteiger partial charge in [-0.15, -0.1) is 10.2 Å². The molecule has 10 rings (SSSR count). The average molecular weight is 1020 g/mol. The second-order valence-electron chi connectivity index (χ2n) is 14.7. The monoisotopic (exact) mass is 1020 g/mol. The Morgan fingerprint density at radius 1 is 0.392 bits per heavy atom. The largest absolute Gasteiger partial charge is 1.00 e. The molecule has 0 amide bonds. The Kier molecular flexibility index (Phi) is 17.6. The number of aromatic carboxylic acids is 2. The molecular weight excluding hydrogens is 991 g/mol. The van der Waals surface area contributed by atoms with Crippen LogP contribution in [0, 0.1) is 23.8 Å². The van der Waals surface area contributed by atoms with Gasteiger partial charge in [0.1, 0.15) is 11.5 Å². The number of carbonyl (C=O) groups is 2. The summed E-state index contributed by atoms with van der Waals surface area (Å²) in [6.07, 6.45) is 5.39.